The van der Waals surface area contributed by atoms with E-state index in [1.807, 2.05) is 20.8 Å². The van der Waals surface area contributed by atoms with E-state index in [1.54, 1.807) is 0 Å². The first-order chi connectivity index (χ1) is 9.59. The van der Waals surface area contributed by atoms with Gasteiger partial charge in [0.25, 0.3) is 0 Å². The van der Waals surface area contributed by atoms with Gasteiger partial charge in [-0.2, -0.15) is 13.2 Å². The van der Waals surface area contributed by atoms with E-state index >= 15 is 0 Å². The van der Waals surface area contributed by atoms with E-state index in [2.05, 4.69) is 4.72 Å². The molecule has 21 heavy (non-hydrogen) atoms. The number of halogens is 3. The van der Waals surface area contributed by atoms with Crippen molar-refractivity contribution in [3.8, 4) is 0 Å². The molecule has 0 saturated heterocycles. The van der Waals surface area contributed by atoms with Crippen molar-refractivity contribution < 1.29 is 17.7 Å². The van der Waals surface area contributed by atoms with Crippen LogP contribution in [-0.4, -0.2) is 9.30 Å². The lowest BCUT2D eigenvalue weighted by Crippen LogP contribution is -2.41. The number of nitrogens with one attached hydrogen (secondary N) is 1. The molecular formula is C15H20F3NOS. The normalized spacial score (nSPS) is 19.4. The van der Waals surface area contributed by atoms with Gasteiger partial charge < -0.3 is 4.55 Å². The van der Waals surface area contributed by atoms with E-state index < -0.39 is 27.8 Å². The zero-order chi connectivity index (χ0) is 15.8. The number of hydrogen-bond donors (Lipinski definition) is 1. The molecule has 1 saturated carbocycles. The summed E-state index contributed by atoms with van der Waals surface area (Å²) in [5.74, 6) is 0.355. The van der Waals surface area contributed by atoms with E-state index in [0.717, 1.165) is 30.5 Å². The molecule has 1 fully saturated rings. The molecule has 0 radical (unpaired) electrons. The molecule has 1 N–H and O–H groups in total. The summed E-state index contributed by atoms with van der Waals surface area (Å²) in [5, 5.41) is 0. The summed E-state index contributed by atoms with van der Waals surface area (Å²) in [6.45, 7) is 5.60. The number of benzene rings is 1. The Morgan fingerprint density at radius 2 is 1.67 bits per heavy atom. The first kappa shape index (κ1) is 16.6. The summed E-state index contributed by atoms with van der Waals surface area (Å²) in [6.07, 6.45) is -2.30. The van der Waals surface area contributed by atoms with Gasteiger partial charge in [-0.3, -0.25) is 0 Å². The molecule has 0 spiro atoms. The highest BCUT2D eigenvalue weighted by atomic mass is 32.2. The first-order valence-corrected chi connectivity index (χ1v) is 8.09. The van der Waals surface area contributed by atoms with Crippen molar-refractivity contribution in [1.82, 2.24) is 4.72 Å². The Hall–Kier alpha value is -0.720. The lowest BCUT2D eigenvalue weighted by Gasteiger charge is -2.28. The topological polar surface area (TPSA) is 35.1 Å². The fraction of sp³-hybridized carbons (Fsp3) is 0.600. The number of hydrogen-bond acceptors (Lipinski definition) is 2. The van der Waals surface area contributed by atoms with Gasteiger partial charge in [-0.05, 0) is 57.2 Å². The summed E-state index contributed by atoms with van der Waals surface area (Å²) in [4.78, 5) is 0. The highest BCUT2D eigenvalue weighted by molar-refractivity contribution is 7.90. The molecule has 1 aromatic carbocycles. The van der Waals surface area contributed by atoms with Crippen LogP contribution in [0, 0.1) is 5.92 Å². The molecule has 2 nitrogen and oxygen atoms in total. The molecule has 0 amide bonds. The fourth-order valence-corrected chi connectivity index (χ4v) is 2.95. The van der Waals surface area contributed by atoms with E-state index in [1.165, 1.54) is 12.1 Å². The second-order valence-corrected chi connectivity index (χ2v) is 8.43. The molecule has 0 aliphatic heterocycles. The minimum atomic E-state index is -4.32. The quantitative estimate of drug-likeness (QED) is 0.844. The maximum Gasteiger partial charge on any atom is 0.416 e. The third kappa shape index (κ3) is 4.37. The van der Waals surface area contributed by atoms with Crippen molar-refractivity contribution in [3.05, 3.63) is 35.4 Å². The van der Waals surface area contributed by atoms with Crippen LogP contribution in [-0.2, 0) is 17.5 Å². The van der Waals surface area contributed by atoms with Crippen molar-refractivity contribution in [2.75, 3.05) is 0 Å². The van der Waals surface area contributed by atoms with Crippen LogP contribution in [0.15, 0.2) is 24.3 Å². The lowest BCUT2D eigenvalue weighted by molar-refractivity contribution is -0.137. The minimum absolute atomic E-state index is 0.146. The van der Waals surface area contributed by atoms with Crippen molar-refractivity contribution in [2.24, 2.45) is 5.92 Å². The summed E-state index contributed by atoms with van der Waals surface area (Å²) < 4.78 is 52.7. The van der Waals surface area contributed by atoms with E-state index in [9.17, 15) is 17.7 Å². The molecule has 6 heteroatoms. The van der Waals surface area contributed by atoms with E-state index in [-0.39, 0.29) is 6.04 Å². The molecule has 1 unspecified atom stereocenters. The van der Waals surface area contributed by atoms with Crippen molar-refractivity contribution in [1.29, 1.82) is 0 Å². The van der Waals surface area contributed by atoms with E-state index in [0.29, 0.717) is 5.92 Å². The maximum atomic E-state index is 12.6. The molecule has 1 aliphatic carbocycles. The Kier molecular flexibility index (Phi) is 4.61. The van der Waals surface area contributed by atoms with Gasteiger partial charge in [0.05, 0.1) is 11.6 Å². The van der Waals surface area contributed by atoms with Crippen LogP contribution in [0.25, 0.3) is 0 Å². The van der Waals surface area contributed by atoms with E-state index in [4.69, 9.17) is 0 Å². The van der Waals surface area contributed by atoms with Crippen LogP contribution in [0.4, 0.5) is 13.2 Å². The Morgan fingerprint density at radius 3 is 2.05 bits per heavy atom. The average Bonchev–Trinajstić information content (AvgIpc) is 3.17. The summed E-state index contributed by atoms with van der Waals surface area (Å²) in [6, 6.07) is 5.00. The number of rotatable bonds is 4. The van der Waals surface area contributed by atoms with Gasteiger partial charge in [0.2, 0.25) is 0 Å². The molecule has 2 rings (SSSR count). The second kappa shape index (κ2) is 5.82. The molecule has 2 atom stereocenters. The molecule has 0 bridgehead atoms. The van der Waals surface area contributed by atoms with Crippen LogP contribution in [0.5, 0.6) is 0 Å². The predicted octanol–water partition coefficient (Wildman–Crippen LogP) is 4.21. The Bertz CT molecular complexity index is 477. The fourth-order valence-electron chi connectivity index (χ4n) is 2.04. The van der Waals surface area contributed by atoms with Crippen LogP contribution >= 0.6 is 0 Å². The average molecular weight is 319 g/mol. The van der Waals surface area contributed by atoms with Gasteiger partial charge in [0, 0.05) is 11.4 Å². The third-order valence-electron chi connectivity index (χ3n) is 3.48. The van der Waals surface area contributed by atoms with Gasteiger partial charge in [-0.1, -0.05) is 12.1 Å². The van der Waals surface area contributed by atoms with Crippen LogP contribution in [0.3, 0.4) is 0 Å². The van der Waals surface area contributed by atoms with Crippen LogP contribution < -0.4 is 4.72 Å². The molecular weight excluding hydrogens is 299 g/mol. The zero-order valence-corrected chi connectivity index (χ0v) is 13.1. The highest BCUT2D eigenvalue weighted by Gasteiger charge is 2.39. The molecule has 118 valence electrons. The van der Waals surface area contributed by atoms with Gasteiger partial charge in [0.1, 0.15) is 4.75 Å². The van der Waals surface area contributed by atoms with Gasteiger partial charge in [-0.15, -0.1) is 4.72 Å². The smallest absolute Gasteiger partial charge is 0.416 e. The van der Waals surface area contributed by atoms with Crippen molar-refractivity contribution in [2.45, 2.75) is 50.6 Å². The monoisotopic (exact) mass is 319 g/mol. The standard InChI is InChI=1S/C15H20F3NOS/c1-14(2,3)21(20)19-13(10-4-5-10)11-6-8-12(9-7-11)15(16,17)18/h6-10,13,19H,4-5H2,1-3H3/t13?,21-/m1/s1. The summed E-state index contributed by atoms with van der Waals surface area (Å²) in [7, 11) is 0. The maximum absolute atomic E-state index is 12.6. The molecule has 0 heterocycles. The highest BCUT2D eigenvalue weighted by Crippen LogP contribution is 2.42. The Labute approximate surface area is 126 Å². The van der Waals surface area contributed by atoms with Crippen LogP contribution in [0.2, 0.25) is 0 Å². The predicted molar refractivity (Wildman–Crippen MR) is 77.9 cm³/mol. The Morgan fingerprint density at radius 1 is 1.14 bits per heavy atom. The summed E-state index contributed by atoms with van der Waals surface area (Å²) in [5.41, 5.74) is 0.112. The van der Waals surface area contributed by atoms with Gasteiger partial charge in [0.15, 0.2) is 0 Å². The lowest BCUT2D eigenvalue weighted by atomic mass is 10.0. The second-order valence-electron chi connectivity index (χ2n) is 6.43. The minimum Gasteiger partial charge on any atom is -0.598 e. The third-order valence-corrected chi connectivity index (χ3v) is 5.06. The largest absolute Gasteiger partial charge is 0.598 e. The van der Waals surface area contributed by atoms with Gasteiger partial charge in [-0.25, -0.2) is 0 Å². The van der Waals surface area contributed by atoms with Gasteiger partial charge >= 0.3 is 6.18 Å². The van der Waals surface area contributed by atoms with Crippen molar-refractivity contribution in [3.63, 3.8) is 0 Å². The molecule has 1 aromatic rings. The first-order valence-electron chi connectivity index (χ1n) is 6.94. The number of alkyl halides is 3. The van der Waals surface area contributed by atoms with Crippen molar-refractivity contribution >= 4 is 11.4 Å². The van der Waals surface area contributed by atoms with Crippen LogP contribution in [0.1, 0.15) is 50.8 Å². The molecule has 0 aromatic heterocycles. The molecule has 1 aliphatic rings. The zero-order valence-electron chi connectivity index (χ0n) is 12.3. The Balaban J connectivity index is 2.16. The summed E-state index contributed by atoms with van der Waals surface area (Å²) >= 11 is -1.24. The SMILES string of the molecule is CC(C)(C)[S@@+]([O-])NC(c1ccc(C(F)(F)F)cc1)C1CC1.